The first-order valence-electron chi connectivity index (χ1n) is 14.8. The number of carbonyl (C=O) groups excluding carboxylic acids is 2. The minimum atomic E-state index is -3.64. The van der Waals surface area contributed by atoms with Crippen molar-refractivity contribution in [1.29, 1.82) is 0 Å². The van der Waals surface area contributed by atoms with Crippen LogP contribution in [0.2, 0.25) is 0 Å². The van der Waals surface area contributed by atoms with Crippen LogP contribution >= 0.6 is 0 Å². The van der Waals surface area contributed by atoms with Crippen molar-refractivity contribution in [2.75, 3.05) is 44.0 Å². The Labute approximate surface area is 275 Å². The molecule has 1 atom stereocenters. The van der Waals surface area contributed by atoms with Crippen molar-refractivity contribution in [2.45, 2.75) is 39.2 Å². The summed E-state index contributed by atoms with van der Waals surface area (Å²) in [5.74, 6) is -0.326. The van der Waals surface area contributed by atoms with E-state index in [0.717, 1.165) is 22.9 Å². The molecule has 0 bridgehead atoms. The molecule has 0 saturated heterocycles. The summed E-state index contributed by atoms with van der Waals surface area (Å²) < 4.78 is 39.1. The summed E-state index contributed by atoms with van der Waals surface area (Å²) in [6, 6.07) is 17.7. The molecule has 4 rings (SSSR count). The van der Waals surface area contributed by atoms with Crippen LogP contribution in [0.15, 0.2) is 66.9 Å². The highest BCUT2D eigenvalue weighted by molar-refractivity contribution is 7.92. The van der Waals surface area contributed by atoms with E-state index in [-0.39, 0.29) is 34.3 Å². The van der Waals surface area contributed by atoms with E-state index in [1.54, 1.807) is 30.3 Å². The lowest BCUT2D eigenvalue weighted by molar-refractivity contribution is 0.102. The fourth-order valence-corrected chi connectivity index (χ4v) is 5.36. The second-order valence-electron chi connectivity index (χ2n) is 12.4. The molecule has 3 aromatic carbocycles. The van der Waals surface area contributed by atoms with Gasteiger partial charge in [-0.05, 0) is 67.4 Å². The number of ether oxygens (including phenoxy) is 2. The average molecular weight is 664 g/mol. The van der Waals surface area contributed by atoms with Crippen LogP contribution < -0.4 is 24.8 Å². The number of methoxy groups -OCH3 is 1. The number of nitrogens with one attached hydrogen (secondary N) is 3. The zero-order valence-corrected chi connectivity index (χ0v) is 28.6. The molecule has 1 aromatic heterocycles. The molecular weight excluding hydrogens is 622 g/mol. The number of hydrogen-bond donors (Lipinski definition) is 3. The molecule has 0 unspecified atom stereocenters. The Kier molecular flexibility index (Phi) is 10.6. The number of nitrogens with zero attached hydrogens (tertiary/aromatic N) is 4. The molecule has 250 valence electrons. The predicted octanol–water partition coefficient (Wildman–Crippen LogP) is 4.90. The van der Waals surface area contributed by atoms with Crippen LogP contribution in [0.4, 0.5) is 16.2 Å². The highest BCUT2D eigenvalue weighted by Gasteiger charge is 2.23. The first kappa shape index (κ1) is 34.9. The van der Waals surface area contributed by atoms with Crippen molar-refractivity contribution in [1.82, 2.24) is 25.2 Å². The van der Waals surface area contributed by atoms with E-state index in [4.69, 9.17) is 9.47 Å². The topological polar surface area (TPSA) is 157 Å². The number of sulfonamides is 1. The summed E-state index contributed by atoms with van der Waals surface area (Å²) in [6.07, 6.45) is 1.81. The summed E-state index contributed by atoms with van der Waals surface area (Å²) in [4.78, 5) is 28.3. The van der Waals surface area contributed by atoms with E-state index in [1.165, 1.54) is 18.0 Å². The highest BCUT2D eigenvalue weighted by atomic mass is 32.2. The Balaban J connectivity index is 1.56. The molecular formula is C33H41N7O6S. The van der Waals surface area contributed by atoms with E-state index < -0.39 is 22.0 Å². The summed E-state index contributed by atoms with van der Waals surface area (Å²) in [6.45, 7) is 8.32. The average Bonchev–Trinajstić information content (AvgIpc) is 3.43. The van der Waals surface area contributed by atoms with Gasteiger partial charge in [0.25, 0.3) is 11.8 Å². The quantitative estimate of drug-likeness (QED) is 0.203. The summed E-state index contributed by atoms with van der Waals surface area (Å²) in [7, 11) is 1.59. The van der Waals surface area contributed by atoms with Crippen LogP contribution in [0.3, 0.4) is 0 Å². The number of anilines is 2. The van der Waals surface area contributed by atoms with Gasteiger partial charge in [-0.15, -0.1) is 0 Å². The molecule has 2 amide bonds. The van der Waals surface area contributed by atoms with Crippen molar-refractivity contribution >= 4 is 33.4 Å². The zero-order chi connectivity index (χ0) is 34.5. The maximum Gasteiger partial charge on any atom is 0.414 e. The van der Waals surface area contributed by atoms with Gasteiger partial charge in [-0.1, -0.05) is 67.5 Å². The Morgan fingerprint density at radius 1 is 1.02 bits per heavy atom. The van der Waals surface area contributed by atoms with Crippen molar-refractivity contribution in [3.8, 4) is 17.3 Å². The Morgan fingerprint density at radius 2 is 1.70 bits per heavy atom. The first-order valence-corrected chi connectivity index (χ1v) is 16.7. The van der Waals surface area contributed by atoms with Crippen molar-refractivity contribution < 1.29 is 27.5 Å². The van der Waals surface area contributed by atoms with E-state index >= 15 is 0 Å². The van der Waals surface area contributed by atoms with Crippen molar-refractivity contribution in [3.05, 3.63) is 89.1 Å². The smallest absolute Gasteiger partial charge is 0.414 e. The fraction of sp³-hybridized carbons (Fsp3) is 0.333. The molecule has 0 fully saturated rings. The first-order chi connectivity index (χ1) is 22.0. The lowest BCUT2D eigenvalue weighted by Crippen LogP contribution is -2.36. The van der Waals surface area contributed by atoms with Crippen LogP contribution in [0.1, 0.15) is 53.9 Å². The van der Waals surface area contributed by atoms with Crippen molar-refractivity contribution in [2.24, 2.45) is 0 Å². The van der Waals surface area contributed by atoms with Gasteiger partial charge < -0.3 is 25.0 Å². The molecule has 1 heterocycles. The third-order valence-corrected chi connectivity index (χ3v) is 7.72. The molecule has 0 saturated carbocycles. The van der Waals surface area contributed by atoms with E-state index in [9.17, 15) is 18.0 Å². The summed E-state index contributed by atoms with van der Waals surface area (Å²) >= 11 is 0. The van der Waals surface area contributed by atoms with E-state index in [1.807, 2.05) is 77.0 Å². The third-order valence-electron chi connectivity index (χ3n) is 7.13. The molecule has 4 aromatic rings. The van der Waals surface area contributed by atoms with Crippen LogP contribution in [-0.4, -0.2) is 74.3 Å². The lowest BCUT2D eigenvalue weighted by Gasteiger charge is -2.24. The predicted molar refractivity (Wildman–Crippen MR) is 181 cm³/mol. The standard InChI is InChI=1S/C33H41N7O6S/c1-21-14-15-23(31(41)34-25-17-24(33(2,3)4)18-26(30(25)45-7)37-47(8,43)44)16-28(21)40-20-29(36-38-40)46-32(42)35-27(19-39(5)6)22-12-10-9-11-13-22/h9-18,20,27,37H,19H2,1-8H3,(H,34,41)(H,35,42)/t27-/m1/s1. The van der Waals surface area contributed by atoms with Crippen LogP contribution in [0.25, 0.3) is 5.69 Å². The zero-order valence-electron chi connectivity index (χ0n) is 27.8. The van der Waals surface area contributed by atoms with Crippen LogP contribution in [0.5, 0.6) is 11.6 Å². The number of hydrogen-bond acceptors (Lipinski definition) is 9. The minimum Gasteiger partial charge on any atom is -0.492 e. The molecule has 0 aliphatic carbocycles. The molecule has 13 nitrogen and oxygen atoms in total. The number of carbonyl (C=O) groups is 2. The van der Waals surface area contributed by atoms with E-state index in [2.05, 4.69) is 25.7 Å². The van der Waals surface area contributed by atoms with Gasteiger partial charge >= 0.3 is 6.09 Å². The Morgan fingerprint density at radius 3 is 2.32 bits per heavy atom. The van der Waals surface area contributed by atoms with Gasteiger partial charge in [0.05, 0.1) is 42.7 Å². The van der Waals surface area contributed by atoms with E-state index in [0.29, 0.717) is 17.9 Å². The van der Waals surface area contributed by atoms with Crippen LogP contribution in [0, 0.1) is 6.92 Å². The molecule has 0 aliphatic rings. The number of likely N-dealkylation sites (N-methyl/N-ethyl adjacent to an activating group) is 1. The second kappa shape index (κ2) is 14.2. The SMILES string of the molecule is COc1c(NC(=O)c2ccc(C)c(-n3cc(OC(=O)N[C@H](CN(C)C)c4ccccc4)nn3)c2)cc(C(C)(C)C)cc1NS(C)(=O)=O. The van der Waals surface area contributed by atoms with Gasteiger partial charge in [0, 0.05) is 12.1 Å². The second-order valence-corrected chi connectivity index (χ2v) is 14.2. The molecule has 0 aliphatic heterocycles. The maximum absolute atomic E-state index is 13.5. The minimum absolute atomic E-state index is 0.0249. The Hall–Kier alpha value is -4.95. The number of rotatable bonds is 11. The van der Waals surface area contributed by atoms with Gasteiger partial charge in [0.1, 0.15) is 0 Å². The van der Waals surface area contributed by atoms with Crippen LogP contribution in [-0.2, 0) is 15.4 Å². The van der Waals surface area contributed by atoms with Crippen molar-refractivity contribution in [3.63, 3.8) is 0 Å². The van der Waals surface area contributed by atoms with Gasteiger partial charge in [-0.25, -0.2) is 17.9 Å². The number of benzene rings is 3. The largest absolute Gasteiger partial charge is 0.492 e. The van der Waals surface area contributed by atoms with Gasteiger partial charge in [-0.2, -0.15) is 0 Å². The number of amides is 2. The molecule has 0 spiro atoms. The summed E-state index contributed by atoms with van der Waals surface area (Å²) in [5, 5.41) is 13.9. The molecule has 14 heteroatoms. The fourth-order valence-electron chi connectivity index (χ4n) is 4.81. The number of aryl methyl sites for hydroxylation is 1. The number of aromatic nitrogens is 3. The third kappa shape index (κ3) is 9.30. The Bertz CT molecular complexity index is 1850. The monoisotopic (exact) mass is 663 g/mol. The molecule has 47 heavy (non-hydrogen) atoms. The lowest BCUT2D eigenvalue weighted by atomic mass is 9.86. The van der Waals surface area contributed by atoms with Gasteiger partial charge in [0.2, 0.25) is 10.0 Å². The molecule has 3 N–H and O–H groups in total. The van der Waals surface area contributed by atoms with Gasteiger partial charge in [-0.3, -0.25) is 9.52 Å². The molecule has 0 radical (unpaired) electrons. The maximum atomic E-state index is 13.5. The normalized spacial score (nSPS) is 12.4. The highest BCUT2D eigenvalue weighted by Crippen LogP contribution is 2.39. The summed E-state index contributed by atoms with van der Waals surface area (Å²) in [5.41, 5.74) is 3.45. The van der Waals surface area contributed by atoms with Gasteiger partial charge in [0.15, 0.2) is 5.75 Å².